The van der Waals surface area contributed by atoms with Crippen LogP contribution in [0.15, 0.2) is 0 Å². The lowest BCUT2D eigenvalue weighted by Crippen LogP contribution is -2.41. The first-order valence-electron chi connectivity index (χ1n) is 16.0. The summed E-state index contributed by atoms with van der Waals surface area (Å²) in [6, 6.07) is 0. The largest absolute Gasteiger partial charge is 0.700 e. The molecule has 42 heteroatoms. The molecule has 0 saturated heterocycles. The molecule has 0 rings (SSSR count). The molecule has 0 aromatic carbocycles. The number of hydrogen-bond acceptors (Lipinski definition) is 17. The third kappa shape index (κ3) is 39.4. The lowest BCUT2D eigenvalue weighted by molar-refractivity contribution is 0.0669. The summed E-state index contributed by atoms with van der Waals surface area (Å²) < 4.78 is 116. The standard InChI is InChI=1S/C18H51N6O27P9/c25-52(50-9-19(1-5-21(11-53(26,27)28)12-54(29,30)31)2-6-22(13-55(32,33)34)14-56(35,36)37)51-10-20(3-7-23(15-57(38,39)40)16-58(41,42)43)4-8-24(17-59(44,45)46)18-60(47,48)49/h1-18H2,(H15-,26,27,28,29,30,31,32,33,34,35,36,37,38,39,40,41,42,43,44,45,46,47,48,49)/p+1. The Bertz CT molecular complexity index is 1400. The minimum absolute atomic E-state index is 0.487. The average Bonchev–Trinajstić information content (AvgIpc) is 2.93. The fourth-order valence-corrected chi connectivity index (χ4v) is 12.1. The van der Waals surface area contributed by atoms with Crippen LogP contribution in [0.4, 0.5) is 0 Å². The van der Waals surface area contributed by atoms with Crippen molar-refractivity contribution < 1.29 is 128 Å². The number of hydrogen-bond donors (Lipinski definition) is 16. The zero-order valence-electron chi connectivity index (χ0n) is 31.1. The smallest absolute Gasteiger partial charge is 0.324 e. The second-order valence-corrected chi connectivity index (χ2v) is 26.9. The van der Waals surface area contributed by atoms with Crippen LogP contribution < -0.4 is 0 Å². The zero-order valence-corrected chi connectivity index (χ0v) is 39.1. The van der Waals surface area contributed by atoms with Crippen molar-refractivity contribution in [3.8, 4) is 0 Å². The van der Waals surface area contributed by atoms with E-state index < -0.39 is 185 Å². The first-order chi connectivity index (χ1) is 26.6. The maximum atomic E-state index is 12.9. The van der Waals surface area contributed by atoms with Crippen molar-refractivity contribution in [3.63, 3.8) is 0 Å². The van der Waals surface area contributed by atoms with Gasteiger partial charge in [0, 0.05) is 56.9 Å². The molecular weight excluding hydrogens is 1010 g/mol. The highest BCUT2D eigenvalue weighted by Gasteiger charge is 2.32. The van der Waals surface area contributed by atoms with Crippen molar-refractivity contribution in [3.05, 3.63) is 0 Å². The molecular formula is C18H52N6O27P9+. The van der Waals surface area contributed by atoms with E-state index in [-0.39, 0.29) is 0 Å². The molecule has 0 atom stereocenters. The molecule has 0 saturated carbocycles. The van der Waals surface area contributed by atoms with Gasteiger partial charge in [-0.25, -0.2) is 0 Å². The van der Waals surface area contributed by atoms with E-state index in [9.17, 15) is 119 Å². The van der Waals surface area contributed by atoms with Gasteiger partial charge >= 0.3 is 69.0 Å². The Labute approximate surface area is 342 Å². The lowest BCUT2D eigenvalue weighted by Gasteiger charge is -2.29. The normalized spacial score (nSPS) is 14.5. The molecule has 0 fully saturated rings. The van der Waals surface area contributed by atoms with Crippen molar-refractivity contribution in [2.75, 3.05) is 116 Å². The van der Waals surface area contributed by atoms with Gasteiger partial charge < -0.3 is 78.3 Å². The van der Waals surface area contributed by atoms with Gasteiger partial charge in [0.15, 0.2) is 13.5 Å². The van der Waals surface area contributed by atoms with Gasteiger partial charge in [0.25, 0.3) is 0 Å². The first-order valence-corrected chi connectivity index (χ1v) is 31.5. The van der Waals surface area contributed by atoms with Gasteiger partial charge in [0.2, 0.25) is 0 Å². The summed E-state index contributed by atoms with van der Waals surface area (Å²) >= 11 is 0. The van der Waals surface area contributed by atoms with Gasteiger partial charge in [0.05, 0.1) is 0 Å². The molecule has 0 unspecified atom stereocenters. The fourth-order valence-electron chi connectivity index (χ4n) is 4.74. The molecule has 0 aromatic rings. The van der Waals surface area contributed by atoms with E-state index in [1.165, 1.54) is 0 Å². The van der Waals surface area contributed by atoms with Gasteiger partial charge in [-0.3, -0.25) is 65.9 Å². The fraction of sp³-hybridized carbons (Fsp3) is 1.00. The monoisotopic (exact) mass is 1060 g/mol. The molecule has 33 nitrogen and oxygen atoms in total. The predicted octanol–water partition coefficient (Wildman–Crippen LogP) is -3.51. The van der Waals surface area contributed by atoms with Crippen LogP contribution in [0.3, 0.4) is 0 Å². The van der Waals surface area contributed by atoms with Crippen molar-refractivity contribution in [1.82, 2.24) is 29.4 Å². The summed E-state index contributed by atoms with van der Waals surface area (Å²) in [5.41, 5.74) is 0. The highest BCUT2D eigenvalue weighted by Crippen LogP contribution is 2.44. The van der Waals surface area contributed by atoms with Crippen molar-refractivity contribution in [1.29, 1.82) is 0 Å². The molecule has 0 spiro atoms. The summed E-state index contributed by atoms with van der Waals surface area (Å²) in [4.78, 5) is 155. The number of rotatable bonds is 34. The van der Waals surface area contributed by atoms with Gasteiger partial charge in [0.1, 0.15) is 50.3 Å². The molecule has 0 aliphatic carbocycles. The summed E-state index contributed by atoms with van der Waals surface area (Å²) in [7, 11) is -42.9. The summed E-state index contributed by atoms with van der Waals surface area (Å²) in [5, 5.41) is 0. The Hall–Kier alpha value is 0.980. The second-order valence-electron chi connectivity index (χ2n) is 13.0. The molecule has 0 aliphatic heterocycles. The Kier molecular flexibility index (Phi) is 26.2. The highest BCUT2D eigenvalue weighted by atomic mass is 31.2. The third-order valence-electron chi connectivity index (χ3n) is 6.70. The molecule has 16 N–H and O–H groups in total. The van der Waals surface area contributed by atoms with E-state index in [0.29, 0.717) is 19.6 Å². The molecule has 360 valence electrons. The van der Waals surface area contributed by atoms with Crippen LogP contribution in [-0.2, 0) is 50.1 Å². The van der Waals surface area contributed by atoms with Crippen LogP contribution in [0.2, 0.25) is 0 Å². The van der Waals surface area contributed by atoms with Gasteiger partial charge in [-0.05, 0) is 0 Å². The Morgan fingerprint density at radius 3 is 0.550 bits per heavy atom. The Morgan fingerprint density at radius 2 is 0.417 bits per heavy atom. The molecule has 0 amide bonds. The highest BCUT2D eigenvalue weighted by molar-refractivity contribution is 7.54. The van der Waals surface area contributed by atoms with Crippen LogP contribution in [-0.4, -0.2) is 224 Å². The summed E-state index contributed by atoms with van der Waals surface area (Å²) in [5.74, 6) is 0. The van der Waals surface area contributed by atoms with E-state index in [2.05, 4.69) is 0 Å². The van der Waals surface area contributed by atoms with Gasteiger partial charge in [-0.1, -0.05) is 0 Å². The van der Waals surface area contributed by atoms with E-state index in [4.69, 9.17) is 9.05 Å². The molecule has 0 radical (unpaired) electrons. The zero-order chi connectivity index (χ0) is 47.2. The summed E-state index contributed by atoms with van der Waals surface area (Å²) in [6.45, 7) is -5.96. The maximum Gasteiger partial charge on any atom is 0.700 e. The molecule has 60 heavy (non-hydrogen) atoms. The van der Waals surface area contributed by atoms with Crippen LogP contribution in [0.25, 0.3) is 0 Å². The quantitative estimate of drug-likeness (QED) is 0.0219. The minimum atomic E-state index is -4.94. The van der Waals surface area contributed by atoms with Crippen LogP contribution in [0, 0.1) is 0 Å². The SMILES string of the molecule is O=[P+](OCN(CCN(CP(=O)(O)O)CP(=O)(O)O)CCN(CP(=O)(O)O)CP(=O)(O)O)OCN(CCN(CP(=O)(O)O)CP(=O)(O)O)CCN(CP(=O)(O)O)CP(=O)(O)O. The first kappa shape index (κ1) is 61.0. The van der Waals surface area contributed by atoms with Crippen LogP contribution in [0.1, 0.15) is 0 Å². The Morgan fingerprint density at radius 1 is 0.283 bits per heavy atom. The van der Waals surface area contributed by atoms with Crippen molar-refractivity contribution in [2.24, 2.45) is 0 Å². The van der Waals surface area contributed by atoms with E-state index >= 15 is 0 Å². The topological polar surface area (TPSA) is 515 Å². The molecule has 0 aliphatic rings. The maximum absolute atomic E-state index is 12.9. The molecule has 0 aromatic heterocycles. The average molecular weight is 1060 g/mol. The van der Waals surface area contributed by atoms with E-state index in [1.807, 2.05) is 0 Å². The second kappa shape index (κ2) is 25.8. The molecule has 0 heterocycles. The van der Waals surface area contributed by atoms with Crippen LogP contribution in [0.5, 0.6) is 0 Å². The number of nitrogens with zero attached hydrogens (tertiary/aromatic N) is 6. The summed E-state index contributed by atoms with van der Waals surface area (Å²) in [6.07, 6.45) is -9.43. The lowest BCUT2D eigenvalue weighted by atomic mass is 10.4. The van der Waals surface area contributed by atoms with Crippen molar-refractivity contribution >= 4 is 69.0 Å². The molecule has 0 bridgehead atoms. The minimum Gasteiger partial charge on any atom is -0.324 e. The third-order valence-corrected chi connectivity index (χ3v) is 13.5. The van der Waals surface area contributed by atoms with Crippen molar-refractivity contribution in [2.45, 2.75) is 0 Å². The predicted molar refractivity (Wildman–Crippen MR) is 205 cm³/mol. The van der Waals surface area contributed by atoms with Gasteiger partial charge in [-0.15, -0.1) is 9.05 Å². The Balaban J connectivity index is 6.35. The van der Waals surface area contributed by atoms with E-state index in [0.717, 1.165) is 9.80 Å². The van der Waals surface area contributed by atoms with Crippen LogP contribution >= 0.6 is 69.0 Å². The van der Waals surface area contributed by atoms with Gasteiger partial charge in [-0.2, -0.15) is 0 Å². The van der Waals surface area contributed by atoms with E-state index in [1.54, 1.807) is 0 Å².